The molecule has 8 rings (SSSR count). The number of allylic oxidation sites excluding steroid dienone is 2. The monoisotopic (exact) mass is 921 g/mol. The predicted octanol–water partition coefficient (Wildman–Crippen LogP) is 17.1. The van der Waals surface area contributed by atoms with Gasteiger partial charge in [0.15, 0.2) is 0 Å². The molecule has 2 aliphatic carbocycles. The Balaban J connectivity index is 1.40. The van der Waals surface area contributed by atoms with Crippen molar-refractivity contribution < 1.29 is 15.6 Å². The molecule has 0 bridgehead atoms. The first-order chi connectivity index (χ1) is 28.9. The molecule has 307 valence electrons. The van der Waals surface area contributed by atoms with Gasteiger partial charge in [0.1, 0.15) is 0 Å². The van der Waals surface area contributed by atoms with Crippen LogP contribution in [0, 0.1) is 11.8 Å². The van der Waals surface area contributed by atoms with E-state index in [2.05, 4.69) is 200 Å². The summed E-state index contributed by atoms with van der Waals surface area (Å²) in [4.78, 5) is 0. The van der Waals surface area contributed by atoms with Crippen molar-refractivity contribution in [3.05, 3.63) is 178 Å². The van der Waals surface area contributed by atoms with E-state index in [1.54, 1.807) is 0 Å². The number of benzene rings is 6. The van der Waals surface area contributed by atoms with Gasteiger partial charge in [-0.05, 0) is 0 Å². The van der Waals surface area contributed by atoms with Crippen LogP contribution in [0.2, 0.25) is 13.1 Å². The van der Waals surface area contributed by atoms with Gasteiger partial charge in [-0.1, -0.05) is 0 Å². The van der Waals surface area contributed by atoms with Gasteiger partial charge in [-0.15, -0.1) is 0 Å². The number of halogens is 2. The van der Waals surface area contributed by atoms with E-state index in [0.29, 0.717) is 11.8 Å². The van der Waals surface area contributed by atoms with Gasteiger partial charge < -0.3 is 0 Å². The molecule has 0 saturated heterocycles. The fourth-order valence-corrected chi connectivity index (χ4v) is 42.3. The van der Waals surface area contributed by atoms with E-state index in [-0.39, 0.29) is 7.25 Å². The molecule has 2 atom stereocenters. The van der Waals surface area contributed by atoms with Gasteiger partial charge in [-0.2, -0.15) is 0 Å². The van der Waals surface area contributed by atoms with Crippen molar-refractivity contribution in [2.75, 3.05) is 0 Å². The second kappa shape index (κ2) is 17.3. The second-order valence-corrected chi connectivity index (χ2v) is 60.9. The Labute approximate surface area is 369 Å². The molecule has 6 aromatic carbocycles. The van der Waals surface area contributed by atoms with E-state index in [9.17, 15) is 0 Å². The summed E-state index contributed by atoms with van der Waals surface area (Å²) in [6.45, 7) is 19.1. The van der Waals surface area contributed by atoms with Gasteiger partial charge in [-0.25, -0.2) is 0 Å². The average molecular weight is 924 g/mol. The van der Waals surface area contributed by atoms with Crippen molar-refractivity contribution in [2.45, 2.75) is 87.6 Å². The zero-order valence-corrected chi connectivity index (χ0v) is 42.0. The third kappa shape index (κ3) is 7.26. The second-order valence-electron chi connectivity index (χ2n) is 18.4. The first kappa shape index (κ1) is 43.1. The predicted molar refractivity (Wildman–Crippen MR) is 264 cm³/mol. The van der Waals surface area contributed by atoms with Gasteiger partial charge in [0.05, 0.1) is 0 Å². The van der Waals surface area contributed by atoms with Gasteiger partial charge >= 0.3 is 373 Å². The summed E-state index contributed by atoms with van der Waals surface area (Å²) in [7, 11) is 18.2. The summed E-state index contributed by atoms with van der Waals surface area (Å²) >= 11 is -5.13. The van der Waals surface area contributed by atoms with Crippen molar-refractivity contribution in [3.8, 4) is 44.5 Å². The molecule has 4 heteroatoms. The van der Waals surface area contributed by atoms with Crippen LogP contribution in [0.25, 0.3) is 56.7 Å². The Morgan fingerprint density at radius 1 is 0.483 bits per heavy atom. The zero-order valence-electron chi connectivity index (χ0n) is 36.8. The first-order valence-corrected chi connectivity index (χ1v) is 38.8. The maximum absolute atomic E-state index is 9.08. The minimum atomic E-state index is -5.13. The molecule has 0 heterocycles. The molecule has 0 radical (unpaired) electrons. The molecular weight excluding hydrogens is 863 g/mol. The number of aryl methyl sites for hydroxylation is 2. The SMILES string of the molecule is CCCc1ccc2c(c1-c1ccccc1-c1ccccc1)C=C(C(C)C)[CH]2[Zr]([Cl])([Cl])([CH]1C(C(C)C)=Cc2c1ccc(CCC)c2-c1ccccc1-c1ccccc1)[SiH](C)C. The molecule has 2 unspecified atom stereocenters. The van der Waals surface area contributed by atoms with Gasteiger partial charge in [0.2, 0.25) is 0 Å². The van der Waals surface area contributed by atoms with E-state index < -0.39 is 21.5 Å². The van der Waals surface area contributed by atoms with E-state index in [1.165, 1.54) is 89.0 Å². The molecule has 0 aliphatic heterocycles. The topological polar surface area (TPSA) is 0 Å². The Morgan fingerprint density at radius 3 is 1.17 bits per heavy atom. The normalized spacial score (nSPS) is 16.8. The summed E-state index contributed by atoms with van der Waals surface area (Å²) in [6, 6.07) is 49.6. The molecule has 6 aromatic rings. The van der Waals surface area contributed by atoms with Crippen LogP contribution in [0.1, 0.15) is 95.0 Å². The van der Waals surface area contributed by atoms with Crippen LogP contribution < -0.4 is 0 Å². The standard InChI is InChI=1S/2C27H27.C2H7Si.2ClH.Zr/c2*1-4-10-21-15-16-22-17-23(19(2)3)18-26(22)27(21)25-14-9-8-13-24(25)20-11-6-5-7-12-20;1-3-2;;;/h2*5-9,11-19H,4,10H2,1-3H3;3H,1-2H3;2*1H;/q;;;;;+2/p-2. The third-order valence-electron chi connectivity index (χ3n) is 13.8. The molecule has 0 fully saturated rings. The van der Waals surface area contributed by atoms with Crippen molar-refractivity contribution in [2.24, 2.45) is 11.8 Å². The van der Waals surface area contributed by atoms with Gasteiger partial charge in [0.25, 0.3) is 0 Å². The Morgan fingerprint density at radius 2 is 0.833 bits per heavy atom. The molecular formula is C56H61Cl2SiZr. The molecule has 0 N–H and O–H groups in total. The van der Waals surface area contributed by atoms with Gasteiger partial charge in [0, 0.05) is 0 Å². The minimum absolute atomic E-state index is 0.0169. The van der Waals surface area contributed by atoms with Crippen LogP contribution in [0.4, 0.5) is 0 Å². The van der Waals surface area contributed by atoms with Crippen molar-refractivity contribution in [1.82, 2.24) is 0 Å². The van der Waals surface area contributed by atoms with Crippen LogP contribution >= 0.6 is 17.0 Å². The Bertz CT molecular complexity index is 2420. The summed E-state index contributed by atoms with van der Waals surface area (Å²) < 4.78 is 0.0338. The zero-order chi connectivity index (χ0) is 42.4. The molecule has 0 aromatic heterocycles. The summed E-state index contributed by atoms with van der Waals surface area (Å²) in [6.07, 6.45) is 9.32. The van der Waals surface area contributed by atoms with Crippen LogP contribution in [0.3, 0.4) is 0 Å². The van der Waals surface area contributed by atoms with E-state index in [1.807, 2.05) is 0 Å². The molecule has 2 aliphatic rings. The van der Waals surface area contributed by atoms with Crippen molar-refractivity contribution in [3.63, 3.8) is 0 Å². The van der Waals surface area contributed by atoms with E-state index in [0.717, 1.165) is 25.7 Å². The molecule has 60 heavy (non-hydrogen) atoms. The maximum atomic E-state index is 9.08. The average Bonchev–Trinajstić information content (AvgIpc) is 3.86. The fraction of sp³-hybridized carbons (Fsp3) is 0.286. The number of fused-ring (bicyclic) bond motifs is 2. The molecule has 0 amide bonds. The van der Waals surface area contributed by atoms with E-state index in [4.69, 9.17) is 17.0 Å². The van der Waals surface area contributed by atoms with Crippen LogP contribution in [0.5, 0.6) is 0 Å². The van der Waals surface area contributed by atoms with Crippen LogP contribution in [0.15, 0.2) is 145 Å². The van der Waals surface area contributed by atoms with Crippen LogP contribution in [-0.4, -0.2) is 5.92 Å². The van der Waals surface area contributed by atoms with E-state index >= 15 is 0 Å². The van der Waals surface area contributed by atoms with Crippen molar-refractivity contribution in [1.29, 1.82) is 0 Å². The van der Waals surface area contributed by atoms with Crippen molar-refractivity contribution >= 4 is 35.1 Å². The molecule has 0 saturated carbocycles. The number of rotatable bonds is 13. The van der Waals surface area contributed by atoms with Crippen LogP contribution in [-0.2, 0) is 28.4 Å². The Hall–Kier alpha value is -3.52. The number of hydrogen-bond acceptors (Lipinski definition) is 0. The van der Waals surface area contributed by atoms with Gasteiger partial charge in [-0.3, -0.25) is 0 Å². The Kier molecular flexibility index (Phi) is 12.5. The summed E-state index contributed by atoms with van der Waals surface area (Å²) in [5.74, 6) is -1.20. The first-order valence-electron chi connectivity index (χ1n) is 22.5. The quantitative estimate of drug-likeness (QED) is 0.101. The molecule has 0 nitrogen and oxygen atoms in total. The summed E-state index contributed by atoms with van der Waals surface area (Å²) in [5.41, 5.74) is 21.4. The fourth-order valence-electron chi connectivity index (χ4n) is 10.8. The number of hydrogen-bond donors (Lipinski definition) is 0. The third-order valence-corrected chi connectivity index (χ3v) is 65.4. The summed E-state index contributed by atoms with van der Waals surface area (Å²) in [5, 5.41) is 0. The molecule has 0 spiro atoms.